The van der Waals surface area contributed by atoms with Crippen LogP contribution in [-0.4, -0.2) is 37.9 Å². The zero-order valence-electron chi connectivity index (χ0n) is 7.57. The molecule has 0 bridgehead atoms. The van der Waals surface area contributed by atoms with E-state index in [4.69, 9.17) is 20.9 Å². The maximum absolute atomic E-state index is 10.6. The van der Waals surface area contributed by atoms with E-state index in [0.29, 0.717) is 6.61 Å². The third kappa shape index (κ3) is 3.71. The summed E-state index contributed by atoms with van der Waals surface area (Å²) in [7, 11) is 0. The van der Waals surface area contributed by atoms with Crippen LogP contribution in [0.3, 0.4) is 0 Å². The quantitative estimate of drug-likeness (QED) is 0.592. The van der Waals surface area contributed by atoms with Gasteiger partial charge in [0, 0.05) is 6.61 Å². The number of hydrogen-bond acceptors (Lipinski definition) is 4. The molecule has 1 heterocycles. The topological polar surface area (TPSA) is 87.6 Å². The summed E-state index contributed by atoms with van der Waals surface area (Å²) < 4.78 is 10.5. The van der Waals surface area contributed by atoms with Crippen LogP contribution in [0.2, 0.25) is 0 Å². The second-order valence-electron chi connectivity index (χ2n) is 3.18. The Morgan fingerprint density at radius 3 is 3.00 bits per heavy atom. The molecule has 0 aromatic heterocycles. The van der Waals surface area contributed by atoms with Gasteiger partial charge >= 0.3 is 0 Å². The number of carbonyl (C=O) groups is 1. The Labute approximate surface area is 77.4 Å². The molecule has 0 aromatic rings. The van der Waals surface area contributed by atoms with Crippen molar-refractivity contribution < 1.29 is 14.3 Å². The zero-order chi connectivity index (χ0) is 9.68. The minimum atomic E-state index is -0.707. The van der Waals surface area contributed by atoms with Crippen molar-refractivity contribution in [3.05, 3.63) is 0 Å². The maximum atomic E-state index is 10.6. The molecule has 13 heavy (non-hydrogen) atoms. The second-order valence-corrected chi connectivity index (χ2v) is 3.18. The van der Waals surface area contributed by atoms with Crippen LogP contribution in [0.1, 0.15) is 12.8 Å². The number of ether oxygens (including phenoxy) is 2. The van der Waals surface area contributed by atoms with Crippen molar-refractivity contribution in [3.63, 3.8) is 0 Å². The Balaban J connectivity index is 2.13. The first-order valence-electron chi connectivity index (χ1n) is 4.44. The summed E-state index contributed by atoms with van der Waals surface area (Å²) in [6.07, 6.45) is 2.03. The molecule has 0 spiro atoms. The van der Waals surface area contributed by atoms with Gasteiger partial charge in [0.1, 0.15) is 6.04 Å². The van der Waals surface area contributed by atoms with Crippen LogP contribution in [0.4, 0.5) is 0 Å². The summed E-state index contributed by atoms with van der Waals surface area (Å²) in [4.78, 5) is 10.6. The van der Waals surface area contributed by atoms with Crippen LogP contribution in [0, 0.1) is 0 Å². The molecule has 2 atom stereocenters. The normalized spacial score (nSPS) is 25.5. The highest BCUT2D eigenvalue weighted by molar-refractivity contribution is 5.79. The molecule has 2 unspecified atom stereocenters. The van der Waals surface area contributed by atoms with Gasteiger partial charge in [-0.15, -0.1) is 0 Å². The van der Waals surface area contributed by atoms with Gasteiger partial charge in [-0.2, -0.15) is 0 Å². The predicted molar refractivity (Wildman–Crippen MR) is 47.0 cm³/mol. The second kappa shape index (κ2) is 5.16. The van der Waals surface area contributed by atoms with Gasteiger partial charge in [-0.25, -0.2) is 0 Å². The minimum Gasteiger partial charge on any atom is -0.379 e. The summed E-state index contributed by atoms with van der Waals surface area (Å²) in [6, 6.07) is -0.707. The standard InChI is InChI=1S/C8H16N2O3/c9-7(8(10)11)5-13-6-2-1-3-12-4-6/h6-7H,1-5,9H2,(H2,10,11). The van der Waals surface area contributed by atoms with E-state index in [2.05, 4.69) is 0 Å². The van der Waals surface area contributed by atoms with E-state index in [-0.39, 0.29) is 12.7 Å². The van der Waals surface area contributed by atoms with Gasteiger partial charge in [-0.3, -0.25) is 4.79 Å². The number of hydrogen-bond donors (Lipinski definition) is 2. The van der Waals surface area contributed by atoms with Crippen LogP contribution in [0.5, 0.6) is 0 Å². The molecular weight excluding hydrogens is 172 g/mol. The summed E-state index contributed by atoms with van der Waals surface area (Å²) >= 11 is 0. The van der Waals surface area contributed by atoms with Crippen LogP contribution in [0.25, 0.3) is 0 Å². The highest BCUT2D eigenvalue weighted by Crippen LogP contribution is 2.09. The Hall–Kier alpha value is -0.650. The molecule has 1 aliphatic rings. The van der Waals surface area contributed by atoms with E-state index in [0.717, 1.165) is 19.4 Å². The molecule has 1 fully saturated rings. The molecule has 1 aliphatic heterocycles. The number of primary amides is 1. The molecule has 1 saturated heterocycles. The smallest absolute Gasteiger partial charge is 0.236 e. The van der Waals surface area contributed by atoms with Gasteiger partial charge in [0.05, 0.1) is 19.3 Å². The van der Waals surface area contributed by atoms with E-state index >= 15 is 0 Å². The molecule has 1 rings (SSSR count). The Kier molecular flexibility index (Phi) is 4.14. The number of carbonyl (C=O) groups excluding carboxylic acids is 1. The Morgan fingerprint density at radius 1 is 1.69 bits per heavy atom. The third-order valence-corrected chi connectivity index (χ3v) is 2.00. The molecule has 4 N–H and O–H groups in total. The SMILES string of the molecule is NC(=O)C(N)COC1CCCOC1. The third-order valence-electron chi connectivity index (χ3n) is 2.00. The molecule has 0 radical (unpaired) electrons. The van der Waals surface area contributed by atoms with Crippen molar-refractivity contribution in [1.82, 2.24) is 0 Å². The predicted octanol–water partition coefficient (Wildman–Crippen LogP) is -1.01. The summed E-state index contributed by atoms with van der Waals surface area (Å²) in [6.45, 7) is 1.57. The lowest BCUT2D eigenvalue weighted by Gasteiger charge is -2.23. The van der Waals surface area contributed by atoms with E-state index in [1.54, 1.807) is 0 Å². The Morgan fingerprint density at radius 2 is 2.46 bits per heavy atom. The summed E-state index contributed by atoms with van der Waals surface area (Å²) in [5.41, 5.74) is 10.4. The largest absolute Gasteiger partial charge is 0.379 e. The molecular formula is C8H16N2O3. The first-order valence-corrected chi connectivity index (χ1v) is 4.44. The van der Waals surface area contributed by atoms with Crippen LogP contribution in [-0.2, 0) is 14.3 Å². The van der Waals surface area contributed by atoms with Crippen molar-refractivity contribution in [2.75, 3.05) is 19.8 Å². The van der Waals surface area contributed by atoms with Gasteiger partial charge in [0.15, 0.2) is 0 Å². The van der Waals surface area contributed by atoms with Crippen molar-refractivity contribution >= 4 is 5.91 Å². The monoisotopic (exact) mass is 188 g/mol. The highest BCUT2D eigenvalue weighted by atomic mass is 16.5. The van der Waals surface area contributed by atoms with Crippen LogP contribution in [0.15, 0.2) is 0 Å². The molecule has 0 saturated carbocycles. The number of amides is 1. The lowest BCUT2D eigenvalue weighted by Crippen LogP contribution is -2.42. The van der Waals surface area contributed by atoms with Gasteiger partial charge < -0.3 is 20.9 Å². The van der Waals surface area contributed by atoms with E-state index < -0.39 is 11.9 Å². The zero-order valence-corrected chi connectivity index (χ0v) is 7.57. The van der Waals surface area contributed by atoms with Crippen LogP contribution < -0.4 is 11.5 Å². The summed E-state index contributed by atoms with van der Waals surface area (Å²) in [5.74, 6) is -0.531. The first-order chi connectivity index (χ1) is 6.20. The van der Waals surface area contributed by atoms with Crippen molar-refractivity contribution in [1.29, 1.82) is 0 Å². The Bertz CT molecular complexity index is 169. The first kappa shape index (κ1) is 10.4. The van der Waals surface area contributed by atoms with E-state index in [1.807, 2.05) is 0 Å². The fraction of sp³-hybridized carbons (Fsp3) is 0.875. The van der Waals surface area contributed by atoms with E-state index in [1.165, 1.54) is 0 Å². The molecule has 0 aromatic carbocycles. The van der Waals surface area contributed by atoms with Crippen molar-refractivity contribution in [2.24, 2.45) is 11.5 Å². The number of nitrogens with two attached hydrogens (primary N) is 2. The van der Waals surface area contributed by atoms with E-state index in [9.17, 15) is 4.79 Å². The molecule has 0 aliphatic carbocycles. The lowest BCUT2D eigenvalue weighted by atomic mass is 10.2. The van der Waals surface area contributed by atoms with Crippen molar-refractivity contribution in [2.45, 2.75) is 25.0 Å². The van der Waals surface area contributed by atoms with Gasteiger partial charge in [-0.1, -0.05) is 0 Å². The fourth-order valence-electron chi connectivity index (χ4n) is 1.16. The lowest BCUT2D eigenvalue weighted by molar-refractivity contribution is -0.122. The number of rotatable bonds is 4. The minimum absolute atomic E-state index is 0.0687. The molecule has 5 nitrogen and oxygen atoms in total. The average Bonchev–Trinajstić information content (AvgIpc) is 2.15. The fourth-order valence-corrected chi connectivity index (χ4v) is 1.16. The highest BCUT2D eigenvalue weighted by Gasteiger charge is 2.17. The maximum Gasteiger partial charge on any atom is 0.236 e. The molecule has 5 heteroatoms. The van der Waals surface area contributed by atoms with Crippen LogP contribution >= 0.6 is 0 Å². The average molecular weight is 188 g/mol. The molecule has 76 valence electrons. The van der Waals surface area contributed by atoms with Gasteiger partial charge in [0.2, 0.25) is 5.91 Å². The van der Waals surface area contributed by atoms with Crippen molar-refractivity contribution in [3.8, 4) is 0 Å². The van der Waals surface area contributed by atoms with Gasteiger partial charge in [-0.05, 0) is 12.8 Å². The summed E-state index contributed by atoms with van der Waals surface area (Å²) in [5, 5.41) is 0. The van der Waals surface area contributed by atoms with Gasteiger partial charge in [0.25, 0.3) is 0 Å². The molecule has 1 amide bonds.